The maximum absolute atomic E-state index is 13.9. The highest BCUT2D eigenvalue weighted by molar-refractivity contribution is 8.01. The van der Waals surface area contributed by atoms with Crippen molar-refractivity contribution in [2.45, 2.75) is 54.7 Å². The van der Waals surface area contributed by atoms with E-state index in [2.05, 4.69) is 23.8 Å². The first-order chi connectivity index (χ1) is 17.6. The number of methoxy groups -OCH3 is 1. The largest absolute Gasteiger partial charge is 0.381 e. The third-order valence-electron chi connectivity index (χ3n) is 7.20. The van der Waals surface area contributed by atoms with Crippen LogP contribution in [-0.4, -0.2) is 76.1 Å². The van der Waals surface area contributed by atoms with Crippen molar-refractivity contribution in [3.05, 3.63) is 41.2 Å². The fourth-order valence-corrected chi connectivity index (χ4v) is 8.21. The van der Waals surface area contributed by atoms with Gasteiger partial charge in [-0.3, -0.25) is 19.7 Å². The molecule has 1 N–H and O–H groups in total. The van der Waals surface area contributed by atoms with Crippen LogP contribution in [0.4, 0.5) is 5.13 Å². The van der Waals surface area contributed by atoms with Crippen LogP contribution in [0.1, 0.15) is 44.0 Å². The number of piperazine rings is 1. The first-order valence-electron chi connectivity index (χ1n) is 12.3. The van der Waals surface area contributed by atoms with E-state index in [0.717, 1.165) is 10.6 Å². The highest BCUT2D eigenvalue weighted by atomic mass is 32.2. The van der Waals surface area contributed by atoms with Crippen LogP contribution in [-0.2, 0) is 14.3 Å². The lowest BCUT2D eigenvalue weighted by molar-refractivity contribution is -0.155. The molecule has 0 bridgehead atoms. The summed E-state index contributed by atoms with van der Waals surface area (Å²) in [6, 6.07) is 1.79. The maximum Gasteiger partial charge on any atom is 0.258 e. The van der Waals surface area contributed by atoms with Crippen LogP contribution < -0.4 is 5.32 Å². The number of thiophene rings is 1. The van der Waals surface area contributed by atoms with Crippen LogP contribution in [0.5, 0.6) is 0 Å². The number of hydrogen-bond acceptors (Lipinski definition) is 8. The summed E-state index contributed by atoms with van der Waals surface area (Å²) < 4.78 is 6.83. The molecule has 1 aliphatic heterocycles. The van der Waals surface area contributed by atoms with Crippen molar-refractivity contribution in [1.29, 1.82) is 0 Å². The van der Waals surface area contributed by atoms with E-state index in [9.17, 15) is 14.4 Å². The van der Waals surface area contributed by atoms with Crippen molar-refractivity contribution in [2.24, 2.45) is 11.8 Å². The van der Waals surface area contributed by atoms with Gasteiger partial charge in [-0.05, 0) is 50.1 Å². The summed E-state index contributed by atoms with van der Waals surface area (Å²) >= 11 is 4.66. The van der Waals surface area contributed by atoms with Gasteiger partial charge in [-0.15, -0.1) is 11.8 Å². The number of rotatable bonds is 7. The lowest BCUT2D eigenvalue weighted by Gasteiger charge is -2.49. The Bertz CT molecular complexity index is 1130. The number of nitrogens with zero attached hydrogens (tertiary/aromatic N) is 3. The van der Waals surface area contributed by atoms with E-state index in [1.807, 2.05) is 29.5 Å². The molecule has 2 aromatic heterocycles. The van der Waals surface area contributed by atoms with Crippen LogP contribution in [0.15, 0.2) is 39.9 Å². The summed E-state index contributed by atoms with van der Waals surface area (Å²) in [5, 5.41) is 7.33. The molecule has 0 aromatic carbocycles. The molecule has 4 rings (SSSR count). The Morgan fingerprint density at radius 2 is 2.08 bits per heavy atom. The third kappa shape index (κ3) is 6.27. The number of anilines is 1. The van der Waals surface area contributed by atoms with Crippen molar-refractivity contribution < 1.29 is 19.1 Å². The lowest BCUT2D eigenvalue weighted by Crippen LogP contribution is -2.64. The molecule has 11 heteroatoms. The minimum absolute atomic E-state index is 0.0908. The standard InChI is InChI=1S/C26H34N4O4S3/c1-6-21(31)29-8-9-30(26(3,4)15-29)24(33)18-12-20(16(2)11-19(18)34-5)36-22-13-27-25(37-22)28-23(32)17-7-10-35-14-17/h6-7,10,13-14,16,18-20H,1,8-9,11-12,15H2,2-5H3,(H,27,28,32). The summed E-state index contributed by atoms with van der Waals surface area (Å²) in [5.41, 5.74) is 0.144. The Hall–Kier alpha value is -2.21. The van der Waals surface area contributed by atoms with Crippen molar-refractivity contribution in [3.8, 4) is 0 Å². The summed E-state index contributed by atoms with van der Waals surface area (Å²) in [7, 11) is 1.68. The van der Waals surface area contributed by atoms with Gasteiger partial charge in [0.15, 0.2) is 5.13 Å². The normalized spacial score (nSPS) is 25.5. The number of nitrogens with one attached hydrogen (secondary N) is 1. The third-order valence-corrected chi connectivity index (χ3v) is 10.4. The Morgan fingerprint density at radius 1 is 1.30 bits per heavy atom. The molecule has 0 spiro atoms. The Balaban J connectivity index is 1.43. The molecule has 3 amide bonds. The molecule has 4 atom stereocenters. The average Bonchev–Trinajstić information content (AvgIpc) is 3.56. The van der Waals surface area contributed by atoms with Gasteiger partial charge in [0.2, 0.25) is 11.8 Å². The average molecular weight is 563 g/mol. The molecule has 8 nitrogen and oxygen atoms in total. The molecule has 1 aliphatic carbocycles. The van der Waals surface area contributed by atoms with Gasteiger partial charge >= 0.3 is 0 Å². The molecular formula is C26H34N4O4S3. The highest BCUT2D eigenvalue weighted by Crippen LogP contribution is 2.44. The molecule has 2 aliphatic rings. The van der Waals surface area contributed by atoms with Crippen LogP contribution >= 0.6 is 34.4 Å². The number of carbonyl (C=O) groups is 3. The minimum atomic E-state index is -0.481. The van der Waals surface area contributed by atoms with Crippen LogP contribution in [0.2, 0.25) is 0 Å². The van der Waals surface area contributed by atoms with E-state index in [1.54, 1.807) is 36.0 Å². The zero-order valence-electron chi connectivity index (χ0n) is 21.6. The predicted molar refractivity (Wildman–Crippen MR) is 149 cm³/mol. The first-order valence-corrected chi connectivity index (χ1v) is 15.0. The zero-order valence-corrected chi connectivity index (χ0v) is 24.1. The molecule has 4 unspecified atom stereocenters. The quantitative estimate of drug-likeness (QED) is 0.496. The number of thioether (sulfide) groups is 1. The Morgan fingerprint density at radius 3 is 2.73 bits per heavy atom. The second-order valence-electron chi connectivity index (χ2n) is 10.2. The van der Waals surface area contributed by atoms with Gasteiger partial charge < -0.3 is 14.5 Å². The number of carbonyl (C=O) groups excluding carboxylic acids is 3. The SMILES string of the molecule is C=CC(=O)N1CCN(C(=O)C2CC(Sc3cnc(NC(=O)c4ccsc4)s3)C(C)CC2OC)C(C)(C)C1. The van der Waals surface area contributed by atoms with E-state index in [-0.39, 0.29) is 35.0 Å². The number of hydrogen-bond donors (Lipinski definition) is 1. The fourth-order valence-electron chi connectivity index (χ4n) is 5.17. The Labute approximate surface area is 230 Å². The molecule has 37 heavy (non-hydrogen) atoms. The molecule has 3 heterocycles. The van der Waals surface area contributed by atoms with Crippen molar-refractivity contribution in [2.75, 3.05) is 32.1 Å². The van der Waals surface area contributed by atoms with Gasteiger partial charge in [-0.2, -0.15) is 11.3 Å². The van der Waals surface area contributed by atoms with Gasteiger partial charge in [-0.1, -0.05) is 24.8 Å². The second kappa shape index (κ2) is 11.7. The van der Waals surface area contributed by atoms with Gasteiger partial charge in [0.1, 0.15) is 0 Å². The summed E-state index contributed by atoms with van der Waals surface area (Å²) in [6.45, 7) is 11.3. The van der Waals surface area contributed by atoms with Gasteiger partial charge in [0.25, 0.3) is 5.91 Å². The lowest BCUT2D eigenvalue weighted by atomic mass is 9.78. The Kier molecular flexibility index (Phi) is 8.77. The molecule has 1 saturated heterocycles. The highest BCUT2D eigenvalue weighted by Gasteiger charge is 2.46. The maximum atomic E-state index is 13.9. The van der Waals surface area contributed by atoms with Gasteiger partial charge in [-0.25, -0.2) is 4.98 Å². The first kappa shape index (κ1) is 27.8. The topological polar surface area (TPSA) is 91.8 Å². The van der Waals surface area contributed by atoms with E-state index in [1.165, 1.54) is 28.7 Å². The van der Waals surface area contributed by atoms with Crippen LogP contribution in [0.25, 0.3) is 0 Å². The predicted octanol–water partition coefficient (Wildman–Crippen LogP) is 4.61. The van der Waals surface area contributed by atoms with Crippen molar-refractivity contribution >= 4 is 57.3 Å². The molecule has 2 aromatic rings. The van der Waals surface area contributed by atoms with Crippen LogP contribution in [0, 0.1) is 11.8 Å². The minimum Gasteiger partial charge on any atom is -0.381 e. The summed E-state index contributed by atoms with van der Waals surface area (Å²) in [6.07, 6.45) is 4.46. The van der Waals surface area contributed by atoms with Gasteiger partial charge in [0, 0.05) is 37.4 Å². The molecular weight excluding hydrogens is 529 g/mol. The number of ether oxygens (including phenoxy) is 1. The molecule has 0 radical (unpaired) electrons. The second-order valence-corrected chi connectivity index (χ2v) is 13.6. The smallest absolute Gasteiger partial charge is 0.258 e. The van der Waals surface area contributed by atoms with E-state index in [4.69, 9.17) is 4.74 Å². The monoisotopic (exact) mass is 562 g/mol. The molecule has 1 saturated carbocycles. The molecule has 200 valence electrons. The van der Waals surface area contributed by atoms with E-state index < -0.39 is 5.54 Å². The summed E-state index contributed by atoms with van der Waals surface area (Å²) in [4.78, 5) is 46.5. The fraction of sp³-hybridized carbons (Fsp3) is 0.538. The number of aromatic nitrogens is 1. The van der Waals surface area contributed by atoms with E-state index >= 15 is 0 Å². The van der Waals surface area contributed by atoms with Gasteiger partial charge in [0.05, 0.1) is 33.5 Å². The number of thiazole rings is 1. The van der Waals surface area contributed by atoms with Crippen molar-refractivity contribution in [3.63, 3.8) is 0 Å². The van der Waals surface area contributed by atoms with E-state index in [0.29, 0.717) is 42.7 Å². The zero-order chi connectivity index (χ0) is 26.7. The van der Waals surface area contributed by atoms with Crippen LogP contribution in [0.3, 0.4) is 0 Å². The number of amides is 3. The summed E-state index contributed by atoms with van der Waals surface area (Å²) in [5.74, 6) is -0.0870. The molecule has 2 fully saturated rings. The van der Waals surface area contributed by atoms with Crippen molar-refractivity contribution in [1.82, 2.24) is 14.8 Å².